The van der Waals surface area contributed by atoms with Crippen molar-refractivity contribution < 1.29 is 0 Å². The molecule has 0 heteroatoms. The Morgan fingerprint density at radius 2 is 2.44 bits per heavy atom. The lowest BCUT2D eigenvalue weighted by Crippen LogP contribution is -2.13. The lowest BCUT2D eigenvalue weighted by molar-refractivity contribution is 0.349. The van der Waals surface area contributed by atoms with E-state index in [1.165, 1.54) is 25.7 Å². The van der Waals surface area contributed by atoms with Crippen molar-refractivity contribution in [3.05, 3.63) is 18.6 Å². The molecule has 0 nitrogen and oxygen atoms in total. The van der Waals surface area contributed by atoms with Crippen LogP contribution >= 0.6 is 0 Å². The second kappa shape index (κ2) is 2.17. The van der Waals surface area contributed by atoms with E-state index in [1.54, 1.807) is 0 Å². The molecular formula is C9H13-. The van der Waals surface area contributed by atoms with E-state index in [-0.39, 0.29) is 0 Å². The predicted molar refractivity (Wildman–Crippen MR) is 38.9 cm³/mol. The molecule has 2 rings (SSSR count). The molecule has 50 valence electrons. The molecule has 0 N–H and O–H groups in total. The lowest BCUT2D eigenvalue weighted by atomic mass is 9.82. The number of hydrogen-bond donors (Lipinski definition) is 0. The summed E-state index contributed by atoms with van der Waals surface area (Å²) in [7, 11) is 0. The summed E-state index contributed by atoms with van der Waals surface area (Å²) in [5, 5.41) is 0. The van der Waals surface area contributed by atoms with Crippen LogP contribution in [0, 0.1) is 18.3 Å². The highest BCUT2D eigenvalue weighted by Gasteiger charge is 2.20. The van der Waals surface area contributed by atoms with E-state index in [2.05, 4.69) is 18.6 Å². The van der Waals surface area contributed by atoms with Gasteiger partial charge in [0.25, 0.3) is 0 Å². The van der Waals surface area contributed by atoms with Gasteiger partial charge in [0.1, 0.15) is 0 Å². The maximum atomic E-state index is 2.44. The molecule has 0 aromatic rings. The van der Waals surface area contributed by atoms with Crippen LogP contribution in [0.3, 0.4) is 0 Å². The van der Waals surface area contributed by atoms with E-state index in [0.29, 0.717) is 0 Å². The molecule has 2 aliphatic rings. The molecule has 0 aromatic heterocycles. The minimum Gasteiger partial charge on any atom is -0.328 e. The highest BCUT2D eigenvalue weighted by Crippen LogP contribution is 2.36. The second-order valence-corrected chi connectivity index (χ2v) is 3.19. The van der Waals surface area contributed by atoms with Gasteiger partial charge in [-0.1, -0.05) is 18.6 Å². The molecule has 2 aliphatic carbocycles. The van der Waals surface area contributed by atoms with Crippen molar-refractivity contribution in [1.82, 2.24) is 0 Å². The van der Waals surface area contributed by atoms with Gasteiger partial charge in [0.05, 0.1) is 0 Å². The Balaban J connectivity index is 2.03. The Hall–Kier alpha value is -0.260. The summed E-state index contributed by atoms with van der Waals surface area (Å²) in [6.45, 7) is 0. The maximum Gasteiger partial charge on any atom is -0.0318 e. The third kappa shape index (κ3) is 0.910. The van der Waals surface area contributed by atoms with E-state index >= 15 is 0 Å². The van der Waals surface area contributed by atoms with Gasteiger partial charge in [-0.25, -0.2) is 0 Å². The van der Waals surface area contributed by atoms with Crippen LogP contribution in [-0.2, 0) is 0 Å². The standard InChI is InChI=1S/C9H13/c1-2-5-9-7-3-6-8(9)4-1/h1,3,6,8-9H,2,4-5,7H2/q-1. The summed E-state index contributed by atoms with van der Waals surface area (Å²) in [6.07, 6.45) is 12.7. The van der Waals surface area contributed by atoms with Crippen LogP contribution < -0.4 is 0 Å². The van der Waals surface area contributed by atoms with Crippen molar-refractivity contribution in [1.29, 1.82) is 0 Å². The average molecular weight is 121 g/mol. The molecule has 0 amide bonds. The number of rotatable bonds is 0. The second-order valence-electron chi connectivity index (χ2n) is 3.19. The first-order chi connectivity index (χ1) is 4.47. The van der Waals surface area contributed by atoms with Gasteiger partial charge >= 0.3 is 0 Å². The highest BCUT2D eigenvalue weighted by atomic mass is 14.3. The van der Waals surface area contributed by atoms with Crippen LogP contribution in [0.15, 0.2) is 12.2 Å². The van der Waals surface area contributed by atoms with Crippen molar-refractivity contribution >= 4 is 0 Å². The summed E-state index contributed by atoms with van der Waals surface area (Å²) in [4.78, 5) is 0. The first kappa shape index (κ1) is 5.52. The third-order valence-corrected chi connectivity index (χ3v) is 2.61. The van der Waals surface area contributed by atoms with Gasteiger partial charge in [-0.2, -0.15) is 12.8 Å². The molecule has 0 saturated heterocycles. The summed E-state index contributed by atoms with van der Waals surface area (Å²) in [5.74, 6) is 1.95. The Labute approximate surface area is 57.0 Å². The van der Waals surface area contributed by atoms with Crippen molar-refractivity contribution in [3.8, 4) is 0 Å². The Bertz CT molecular complexity index is 124. The topological polar surface area (TPSA) is 0 Å². The molecule has 0 spiro atoms. The molecule has 0 heterocycles. The largest absolute Gasteiger partial charge is 0.328 e. The van der Waals surface area contributed by atoms with Gasteiger partial charge in [0, 0.05) is 0 Å². The lowest BCUT2D eigenvalue weighted by Gasteiger charge is -2.31. The van der Waals surface area contributed by atoms with Gasteiger partial charge < -0.3 is 6.42 Å². The molecule has 0 aromatic carbocycles. The molecule has 9 heavy (non-hydrogen) atoms. The Kier molecular flexibility index (Phi) is 1.33. The highest BCUT2D eigenvalue weighted by molar-refractivity contribution is 5.04. The molecule has 0 bridgehead atoms. The summed E-state index contributed by atoms with van der Waals surface area (Å²) < 4.78 is 0. The molecule has 1 fully saturated rings. The monoisotopic (exact) mass is 121 g/mol. The normalized spacial score (nSPS) is 40.9. The molecule has 0 aliphatic heterocycles. The first-order valence-corrected chi connectivity index (χ1v) is 3.95. The fraction of sp³-hybridized carbons (Fsp3) is 0.667. The molecule has 1 saturated carbocycles. The smallest absolute Gasteiger partial charge is 0.0318 e. The van der Waals surface area contributed by atoms with Crippen LogP contribution in [0.4, 0.5) is 0 Å². The van der Waals surface area contributed by atoms with E-state index in [4.69, 9.17) is 0 Å². The van der Waals surface area contributed by atoms with Crippen LogP contribution in [0.5, 0.6) is 0 Å². The molecular weight excluding hydrogens is 108 g/mol. The third-order valence-electron chi connectivity index (χ3n) is 2.61. The van der Waals surface area contributed by atoms with Crippen molar-refractivity contribution in [2.75, 3.05) is 0 Å². The van der Waals surface area contributed by atoms with Gasteiger partial charge in [-0.05, 0) is 18.3 Å². The van der Waals surface area contributed by atoms with E-state index in [0.717, 1.165) is 11.8 Å². The average Bonchev–Trinajstić information content (AvgIpc) is 2.33. The van der Waals surface area contributed by atoms with E-state index in [1.807, 2.05) is 0 Å². The molecule has 0 radical (unpaired) electrons. The summed E-state index contributed by atoms with van der Waals surface area (Å²) in [5.41, 5.74) is 0. The van der Waals surface area contributed by atoms with Crippen LogP contribution in [-0.4, -0.2) is 0 Å². The fourth-order valence-corrected chi connectivity index (χ4v) is 2.01. The molecule has 2 unspecified atom stereocenters. The minimum absolute atomic E-state index is 0.929. The van der Waals surface area contributed by atoms with Crippen molar-refractivity contribution in [3.63, 3.8) is 0 Å². The Morgan fingerprint density at radius 1 is 1.44 bits per heavy atom. The fourth-order valence-electron chi connectivity index (χ4n) is 2.01. The SMILES string of the molecule is C1=CC2C[CH-]CCC2C1. The van der Waals surface area contributed by atoms with E-state index in [9.17, 15) is 0 Å². The van der Waals surface area contributed by atoms with Crippen molar-refractivity contribution in [2.24, 2.45) is 11.8 Å². The first-order valence-electron chi connectivity index (χ1n) is 3.95. The zero-order valence-electron chi connectivity index (χ0n) is 5.72. The quantitative estimate of drug-likeness (QED) is 0.341. The van der Waals surface area contributed by atoms with Crippen molar-refractivity contribution in [2.45, 2.75) is 25.7 Å². The zero-order valence-corrected chi connectivity index (χ0v) is 5.72. The summed E-state index contributed by atoms with van der Waals surface area (Å²) in [6, 6.07) is 0. The van der Waals surface area contributed by atoms with Gasteiger partial charge in [-0.3, -0.25) is 0 Å². The Morgan fingerprint density at radius 3 is 3.33 bits per heavy atom. The minimum atomic E-state index is 0.929. The molecule has 2 atom stereocenters. The number of allylic oxidation sites excluding steroid dienone is 2. The zero-order chi connectivity index (χ0) is 6.10. The number of fused-ring (bicyclic) bond motifs is 1. The van der Waals surface area contributed by atoms with Crippen LogP contribution in [0.2, 0.25) is 0 Å². The van der Waals surface area contributed by atoms with Crippen LogP contribution in [0.1, 0.15) is 25.7 Å². The predicted octanol–water partition coefficient (Wildman–Crippen LogP) is 2.57. The van der Waals surface area contributed by atoms with E-state index < -0.39 is 0 Å². The van der Waals surface area contributed by atoms with Crippen LogP contribution in [0.25, 0.3) is 0 Å². The maximum absolute atomic E-state index is 2.44. The number of hydrogen-bond acceptors (Lipinski definition) is 0. The van der Waals surface area contributed by atoms with Gasteiger partial charge in [0.2, 0.25) is 0 Å². The summed E-state index contributed by atoms with van der Waals surface area (Å²) >= 11 is 0. The van der Waals surface area contributed by atoms with Gasteiger partial charge in [0.15, 0.2) is 0 Å². The van der Waals surface area contributed by atoms with Gasteiger partial charge in [-0.15, -0.1) is 0 Å².